The number of likely N-dealkylation sites (N-methyl/N-ethyl adjacent to an activating group) is 1. The standard InChI is InChI=1S/C16H16N4OS/c1-10-19-15(18-8-13(21)17-2)14-12(9-22-16(14)20-10)11-6-4-3-5-7-11/h3-7,9H,8H2,1-2H3,(H,17,21)(H,18,19,20). The van der Waals surface area contributed by atoms with Crippen molar-refractivity contribution in [1.29, 1.82) is 0 Å². The van der Waals surface area contributed by atoms with Crippen LogP contribution in [-0.2, 0) is 4.79 Å². The van der Waals surface area contributed by atoms with E-state index in [9.17, 15) is 4.79 Å². The summed E-state index contributed by atoms with van der Waals surface area (Å²) in [4.78, 5) is 21.4. The predicted molar refractivity (Wildman–Crippen MR) is 90.1 cm³/mol. The first-order valence-corrected chi connectivity index (χ1v) is 7.82. The number of hydrogen-bond donors (Lipinski definition) is 2. The summed E-state index contributed by atoms with van der Waals surface area (Å²) in [5, 5.41) is 8.76. The highest BCUT2D eigenvalue weighted by Crippen LogP contribution is 2.36. The van der Waals surface area contributed by atoms with E-state index >= 15 is 0 Å². The van der Waals surface area contributed by atoms with Crippen LogP contribution in [0.3, 0.4) is 0 Å². The fourth-order valence-electron chi connectivity index (χ4n) is 2.26. The zero-order valence-corrected chi connectivity index (χ0v) is 13.2. The summed E-state index contributed by atoms with van der Waals surface area (Å²) in [5.41, 5.74) is 2.20. The van der Waals surface area contributed by atoms with Gasteiger partial charge in [0.05, 0.1) is 11.9 Å². The molecule has 112 valence electrons. The maximum Gasteiger partial charge on any atom is 0.239 e. The van der Waals surface area contributed by atoms with Crippen LogP contribution in [0.4, 0.5) is 5.82 Å². The lowest BCUT2D eigenvalue weighted by Crippen LogP contribution is -2.26. The van der Waals surface area contributed by atoms with E-state index in [1.165, 1.54) is 0 Å². The fourth-order valence-corrected chi connectivity index (χ4v) is 3.25. The van der Waals surface area contributed by atoms with Crippen LogP contribution in [-0.4, -0.2) is 29.5 Å². The lowest BCUT2D eigenvalue weighted by Gasteiger charge is -2.09. The number of nitrogens with one attached hydrogen (secondary N) is 2. The average Bonchev–Trinajstić information content (AvgIpc) is 2.96. The molecule has 0 fully saturated rings. The number of carbonyl (C=O) groups excluding carboxylic acids is 1. The Kier molecular flexibility index (Phi) is 4.02. The molecule has 2 aromatic heterocycles. The largest absolute Gasteiger partial charge is 0.360 e. The van der Waals surface area contributed by atoms with E-state index in [0.717, 1.165) is 21.3 Å². The van der Waals surface area contributed by atoms with Crippen LogP contribution in [0.1, 0.15) is 5.82 Å². The van der Waals surface area contributed by atoms with Gasteiger partial charge in [-0.25, -0.2) is 9.97 Å². The number of aromatic nitrogens is 2. The Morgan fingerprint density at radius 2 is 2.00 bits per heavy atom. The molecular formula is C16H16N4OS. The normalized spacial score (nSPS) is 10.6. The first-order chi connectivity index (χ1) is 10.7. The van der Waals surface area contributed by atoms with Gasteiger partial charge in [0, 0.05) is 18.0 Å². The van der Waals surface area contributed by atoms with Crippen LogP contribution in [0.5, 0.6) is 0 Å². The first kappa shape index (κ1) is 14.5. The van der Waals surface area contributed by atoms with Gasteiger partial charge in [-0.3, -0.25) is 4.79 Å². The maximum atomic E-state index is 11.5. The summed E-state index contributed by atoms with van der Waals surface area (Å²) in [6, 6.07) is 10.1. The Bertz CT molecular complexity index is 814. The molecule has 0 unspecified atom stereocenters. The molecule has 0 aliphatic carbocycles. The summed E-state index contributed by atoms with van der Waals surface area (Å²) >= 11 is 1.59. The highest BCUT2D eigenvalue weighted by Gasteiger charge is 2.14. The molecule has 0 radical (unpaired) electrons. The van der Waals surface area contributed by atoms with E-state index in [4.69, 9.17) is 0 Å². The number of benzene rings is 1. The maximum absolute atomic E-state index is 11.5. The van der Waals surface area contributed by atoms with Crippen molar-refractivity contribution in [3.63, 3.8) is 0 Å². The van der Waals surface area contributed by atoms with Crippen LogP contribution in [0, 0.1) is 6.92 Å². The third-order valence-corrected chi connectivity index (χ3v) is 4.20. The minimum absolute atomic E-state index is 0.0825. The molecule has 5 nitrogen and oxygen atoms in total. The van der Waals surface area contributed by atoms with Crippen molar-refractivity contribution in [1.82, 2.24) is 15.3 Å². The van der Waals surface area contributed by atoms with Crippen molar-refractivity contribution < 1.29 is 4.79 Å². The molecule has 0 spiro atoms. The lowest BCUT2D eigenvalue weighted by atomic mass is 10.1. The number of nitrogens with zero attached hydrogens (tertiary/aromatic N) is 2. The molecule has 2 heterocycles. The highest BCUT2D eigenvalue weighted by atomic mass is 32.1. The Hall–Kier alpha value is -2.47. The van der Waals surface area contributed by atoms with Crippen LogP contribution in [0.25, 0.3) is 21.3 Å². The van der Waals surface area contributed by atoms with Crippen molar-refractivity contribution in [3.8, 4) is 11.1 Å². The minimum atomic E-state index is -0.0825. The smallest absolute Gasteiger partial charge is 0.239 e. The highest BCUT2D eigenvalue weighted by molar-refractivity contribution is 7.17. The second-order valence-corrected chi connectivity index (χ2v) is 5.70. The third kappa shape index (κ3) is 2.78. The van der Waals surface area contributed by atoms with Gasteiger partial charge in [0.25, 0.3) is 0 Å². The Morgan fingerprint density at radius 1 is 1.23 bits per heavy atom. The Labute approximate surface area is 132 Å². The quantitative estimate of drug-likeness (QED) is 0.777. The number of anilines is 1. The van der Waals surface area contributed by atoms with E-state index in [1.54, 1.807) is 18.4 Å². The second-order valence-electron chi connectivity index (χ2n) is 4.84. The molecule has 0 saturated heterocycles. The number of amides is 1. The molecule has 3 aromatic rings. The number of carbonyl (C=O) groups is 1. The van der Waals surface area contributed by atoms with Gasteiger partial charge in [-0.15, -0.1) is 11.3 Å². The molecule has 3 rings (SSSR count). The Morgan fingerprint density at radius 3 is 2.73 bits per heavy atom. The third-order valence-electron chi connectivity index (χ3n) is 3.33. The lowest BCUT2D eigenvalue weighted by molar-refractivity contribution is -0.118. The fraction of sp³-hybridized carbons (Fsp3) is 0.188. The molecule has 6 heteroatoms. The summed E-state index contributed by atoms with van der Waals surface area (Å²) in [6.07, 6.45) is 0. The minimum Gasteiger partial charge on any atom is -0.360 e. The zero-order chi connectivity index (χ0) is 15.5. The van der Waals surface area contributed by atoms with Gasteiger partial charge in [-0.2, -0.15) is 0 Å². The van der Waals surface area contributed by atoms with Gasteiger partial charge in [0.1, 0.15) is 16.5 Å². The van der Waals surface area contributed by atoms with Crippen molar-refractivity contribution in [2.75, 3.05) is 18.9 Å². The SMILES string of the molecule is CNC(=O)CNc1nc(C)nc2scc(-c3ccccc3)c12. The number of aryl methyl sites for hydroxylation is 1. The van der Waals surface area contributed by atoms with E-state index in [2.05, 4.69) is 38.1 Å². The first-order valence-electron chi connectivity index (χ1n) is 6.94. The van der Waals surface area contributed by atoms with Gasteiger partial charge >= 0.3 is 0 Å². The molecule has 0 aliphatic heterocycles. The monoisotopic (exact) mass is 312 g/mol. The molecule has 22 heavy (non-hydrogen) atoms. The summed E-state index contributed by atoms with van der Waals surface area (Å²) in [7, 11) is 1.62. The van der Waals surface area contributed by atoms with Gasteiger partial charge in [0.15, 0.2) is 0 Å². The zero-order valence-electron chi connectivity index (χ0n) is 12.4. The van der Waals surface area contributed by atoms with E-state index in [-0.39, 0.29) is 12.5 Å². The van der Waals surface area contributed by atoms with Crippen LogP contribution in [0.15, 0.2) is 35.7 Å². The second kappa shape index (κ2) is 6.11. The average molecular weight is 312 g/mol. The van der Waals surface area contributed by atoms with Crippen molar-refractivity contribution >= 4 is 33.3 Å². The Balaban J connectivity index is 2.10. The van der Waals surface area contributed by atoms with Gasteiger partial charge < -0.3 is 10.6 Å². The number of hydrogen-bond acceptors (Lipinski definition) is 5. The van der Waals surface area contributed by atoms with Crippen molar-refractivity contribution in [3.05, 3.63) is 41.5 Å². The molecule has 0 atom stereocenters. The molecule has 1 aromatic carbocycles. The molecule has 0 bridgehead atoms. The molecule has 1 amide bonds. The van der Waals surface area contributed by atoms with Gasteiger partial charge in [-0.1, -0.05) is 30.3 Å². The van der Waals surface area contributed by atoms with Gasteiger partial charge in [-0.05, 0) is 12.5 Å². The van der Waals surface area contributed by atoms with Crippen LogP contribution in [0.2, 0.25) is 0 Å². The molecular weight excluding hydrogens is 296 g/mol. The van der Waals surface area contributed by atoms with E-state index < -0.39 is 0 Å². The van der Waals surface area contributed by atoms with E-state index in [0.29, 0.717) is 11.6 Å². The number of thiophene rings is 1. The van der Waals surface area contributed by atoms with Crippen molar-refractivity contribution in [2.45, 2.75) is 6.92 Å². The molecule has 0 saturated carbocycles. The molecule has 0 aliphatic rings. The molecule has 2 N–H and O–H groups in total. The number of fused-ring (bicyclic) bond motifs is 1. The van der Waals surface area contributed by atoms with Crippen LogP contribution >= 0.6 is 11.3 Å². The topological polar surface area (TPSA) is 66.9 Å². The van der Waals surface area contributed by atoms with E-state index in [1.807, 2.05) is 25.1 Å². The van der Waals surface area contributed by atoms with Crippen molar-refractivity contribution in [2.24, 2.45) is 0 Å². The summed E-state index contributed by atoms with van der Waals surface area (Å²) in [5.74, 6) is 1.31. The summed E-state index contributed by atoms with van der Waals surface area (Å²) < 4.78 is 0. The predicted octanol–water partition coefficient (Wildman–Crippen LogP) is 2.82. The van der Waals surface area contributed by atoms with Crippen LogP contribution < -0.4 is 10.6 Å². The summed E-state index contributed by atoms with van der Waals surface area (Å²) in [6.45, 7) is 2.04. The van der Waals surface area contributed by atoms with Gasteiger partial charge in [0.2, 0.25) is 5.91 Å². The number of rotatable bonds is 4.